The van der Waals surface area contributed by atoms with Gasteiger partial charge in [0, 0.05) is 5.41 Å². The lowest BCUT2D eigenvalue weighted by atomic mass is 9.81. The van der Waals surface area contributed by atoms with Crippen molar-refractivity contribution in [3.05, 3.63) is 205 Å². The van der Waals surface area contributed by atoms with Gasteiger partial charge in [-0.3, -0.25) is 0 Å². The molecule has 0 heteroatoms. The molecule has 0 radical (unpaired) electrons. The SMILES string of the molecule is C=Cc1cccc(-c2c3ccccc3c(-c3cccc4ccccc34)c3ccc(-c4ccc(-c5ccc6c(c5)C(C)(C)c5ccccc5-6)cc4)cc23)c1/C=C\C. The summed E-state index contributed by atoms with van der Waals surface area (Å²) in [6.45, 7) is 11.0. The monoisotopic (exact) mass is 714 g/mol. The summed E-state index contributed by atoms with van der Waals surface area (Å²) in [6.07, 6.45) is 6.34. The second kappa shape index (κ2) is 13.2. The van der Waals surface area contributed by atoms with E-state index in [1.807, 2.05) is 6.08 Å². The van der Waals surface area contributed by atoms with Crippen molar-refractivity contribution < 1.29 is 0 Å². The lowest BCUT2D eigenvalue weighted by Gasteiger charge is -2.22. The van der Waals surface area contributed by atoms with Gasteiger partial charge < -0.3 is 0 Å². The third kappa shape index (κ3) is 5.21. The molecule has 0 saturated heterocycles. The van der Waals surface area contributed by atoms with Gasteiger partial charge >= 0.3 is 0 Å². The minimum absolute atomic E-state index is 0.0300. The molecule has 0 atom stereocenters. The molecule has 0 amide bonds. The van der Waals surface area contributed by atoms with Crippen molar-refractivity contribution in [2.24, 2.45) is 0 Å². The van der Waals surface area contributed by atoms with Gasteiger partial charge in [-0.05, 0) is 129 Å². The molecular weight excluding hydrogens is 673 g/mol. The summed E-state index contributed by atoms with van der Waals surface area (Å²) in [6, 6.07) is 63.1. The normalized spacial score (nSPS) is 13.1. The van der Waals surface area contributed by atoms with Crippen LogP contribution in [0.25, 0.3) is 100 Å². The van der Waals surface area contributed by atoms with Gasteiger partial charge in [0.15, 0.2) is 0 Å². The van der Waals surface area contributed by atoms with E-state index in [4.69, 9.17) is 0 Å². The number of rotatable bonds is 6. The van der Waals surface area contributed by atoms with Gasteiger partial charge in [0.05, 0.1) is 0 Å². The van der Waals surface area contributed by atoms with Crippen molar-refractivity contribution in [2.75, 3.05) is 0 Å². The van der Waals surface area contributed by atoms with Gasteiger partial charge in [0.25, 0.3) is 0 Å². The quantitative estimate of drug-likeness (QED) is 0.150. The van der Waals surface area contributed by atoms with Crippen LogP contribution in [0, 0.1) is 0 Å². The second-order valence-electron chi connectivity index (χ2n) is 15.6. The van der Waals surface area contributed by atoms with Crippen molar-refractivity contribution >= 4 is 44.5 Å². The maximum atomic E-state index is 4.20. The minimum Gasteiger partial charge on any atom is -0.0984 e. The third-order valence-electron chi connectivity index (χ3n) is 12.2. The van der Waals surface area contributed by atoms with Crippen LogP contribution < -0.4 is 0 Å². The fourth-order valence-electron chi connectivity index (χ4n) is 9.45. The molecule has 0 nitrogen and oxygen atoms in total. The van der Waals surface area contributed by atoms with Crippen LogP contribution in [0.5, 0.6) is 0 Å². The molecule has 0 saturated carbocycles. The van der Waals surface area contributed by atoms with Crippen molar-refractivity contribution in [2.45, 2.75) is 26.2 Å². The Kier molecular flexibility index (Phi) is 7.98. The summed E-state index contributed by atoms with van der Waals surface area (Å²) < 4.78 is 0. The van der Waals surface area contributed by atoms with E-state index in [0.29, 0.717) is 0 Å². The standard InChI is InChI=1S/C56H42/c1-5-15-42-36(6-2)17-13-23-46(42)55-49-22-10-9-21-48(49)54(47-24-14-18-39-16-7-8-19-43(39)47)50-33-31-40(34-51(50)55)37-26-28-38(29-27-37)41-30-32-45-44-20-11-12-25-52(44)56(3,4)53(45)35-41/h5-35H,2H2,1,3-4H3/b15-5-. The molecule has 1 aliphatic rings. The van der Waals surface area contributed by atoms with Gasteiger partial charge in [-0.15, -0.1) is 0 Å². The number of benzene rings is 9. The predicted octanol–water partition coefficient (Wildman–Crippen LogP) is 15.8. The van der Waals surface area contributed by atoms with E-state index in [1.165, 1.54) is 105 Å². The maximum Gasteiger partial charge on any atom is 0.0159 e. The average Bonchev–Trinajstić information content (AvgIpc) is 3.48. The largest absolute Gasteiger partial charge is 0.0984 e. The Bertz CT molecular complexity index is 3050. The van der Waals surface area contributed by atoms with Crippen molar-refractivity contribution in [1.29, 1.82) is 0 Å². The molecule has 9 aromatic carbocycles. The summed E-state index contributed by atoms with van der Waals surface area (Å²) in [5, 5.41) is 7.47. The first-order valence-corrected chi connectivity index (χ1v) is 19.7. The summed E-state index contributed by atoms with van der Waals surface area (Å²) in [4.78, 5) is 0. The Morgan fingerprint density at radius 2 is 0.964 bits per heavy atom. The Hall–Kier alpha value is -6.76. The summed E-state index contributed by atoms with van der Waals surface area (Å²) in [5.41, 5.74) is 17.6. The first-order valence-electron chi connectivity index (χ1n) is 19.7. The van der Waals surface area contributed by atoms with Crippen LogP contribution in [0.2, 0.25) is 0 Å². The van der Waals surface area contributed by atoms with Crippen LogP contribution in [0.15, 0.2) is 183 Å². The van der Waals surface area contributed by atoms with E-state index in [2.05, 4.69) is 209 Å². The smallest absolute Gasteiger partial charge is 0.0159 e. The summed E-state index contributed by atoms with van der Waals surface area (Å²) >= 11 is 0. The predicted molar refractivity (Wildman–Crippen MR) is 243 cm³/mol. The molecule has 0 heterocycles. The van der Waals surface area contributed by atoms with E-state index in [-0.39, 0.29) is 5.41 Å². The van der Waals surface area contributed by atoms with Crippen molar-refractivity contribution in [3.8, 4) is 55.6 Å². The van der Waals surface area contributed by atoms with Crippen molar-refractivity contribution in [3.63, 3.8) is 0 Å². The number of hydrogen-bond acceptors (Lipinski definition) is 0. The first kappa shape index (κ1) is 33.8. The van der Waals surface area contributed by atoms with E-state index in [0.717, 1.165) is 5.56 Å². The van der Waals surface area contributed by atoms with Crippen LogP contribution in [0.3, 0.4) is 0 Å². The molecular formula is C56H42. The molecule has 9 aromatic rings. The zero-order valence-electron chi connectivity index (χ0n) is 32.1. The third-order valence-corrected chi connectivity index (χ3v) is 12.2. The summed E-state index contributed by atoms with van der Waals surface area (Å²) in [5.74, 6) is 0. The molecule has 0 aliphatic heterocycles. The second-order valence-corrected chi connectivity index (χ2v) is 15.6. The highest BCUT2D eigenvalue weighted by Crippen LogP contribution is 2.50. The van der Waals surface area contributed by atoms with Gasteiger partial charge in [0.2, 0.25) is 0 Å². The van der Waals surface area contributed by atoms with Gasteiger partial charge in [-0.25, -0.2) is 0 Å². The molecule has 0 aromatic heterocycles. The molecule has 0 spiro atoms. The van der Waals surface area contributed by atoms with Crippen LogP contribution in [0.1, 0.15) is 43.0 Å². The van der Waals surface area contributed by atoms with Gasteiger partial charge in [-0.2, -0.15) is 0 Å². The zero-order valence-corrected chi connectivity index (χ0v) is 32.1. The van der Waals surface area contributed by atoms with E-state index in [1.54, 1.807) is 0 Å². The van der Waals surface area contributed by atoms with E-state index < -0.39 is 0 Å². The Labute approximate surface area is 329 Å². The number of allylic oxidation sites excluding steroid dienone is 1. The molecule has 10 rings (SSSR count). The highest BCUT2D eigenvalue weighted by Gasteiger charge is 2.35. The van der Waals surface area contributed by atoms with E-state index >= 15 is 0 Å². The minimum atomic E-state index is -0.0300. The molecule has 1 aliphatic carbocycles. The molecule has 0 unspecified atom stereocenters. The highest BCUT2D eigenvalue weighted by molar-refractivity contribution is 6.24. The van der Waals surface area contributed by atoms with Gasteiger partial charge in [0.1, 0.15) is 0 Å². The molecule has 0 bridgehead atoms. The lowest BCUT2D eigenvalue weighted by molar-refractivity contribution is 0.660. The number of hydrogen-bond donors (Lipinski definition) is 0. The Morgan fingerprint density at radius 1 is 0.429 bits per heavy atom. The first-order chi connectivity index (χ1) is 27.5. The lowest BCUT2D eigenvalue weighted by Crippen LogP contribution is -2.14. The van der Waals surface area contributed by atoms with Gasteiger partial charge in [-0.1, -0.05) is 196 Å². The maximum absolute atomic E-state index is 4.20. The van der Waals surface area contributed by atoms with Crippen LogP contribution in [0.4, 0.5) is 0 Å². The zero-order chi connectivity index (χ0) is 38.0. The van der Waals surface area contributed by atoms with Crippen LogP contribution in [-0.4, -0.2) is 0 Å². The highest BCUT2D eigenvalue weighted by atomic mass is 14.4. The fraction of sp³-hybridized carbons (Fsp3) is 0.0714. The Balaban J connectivity index is 1.18. The molecule has 0 fully saturated rings. The topological polar surface area (TPSA) is 0 Å². The molecule has 266 valence electrons. The van der Waals surface area contributed by atoms with Crippen LogP contribution in [-0.2, 0) is 5.41 Å². The Morgan fingerprint density at radius 3 is 1.71 bits per heavy atom. The fourth-order valence-corrected chi connectivity index (χ4v) is 9.45. The van der Waals surface area contributed by atoms with Crippen molar-refractivity contribution in [1.82, 2.24) is 0 Å². The van der Waals surface area contributed by atoms with E-state index in [9.17, 15) is 0 Å². The average molecular weight is 715 g/mol. The molecule has 0 N–H and O–H groups in total. The molecule has 56 heavy (non-hydrogen) atoms. The van der Waals surface area contributed by atoms with Crippen LogP contribution >= 0.6 is 0 Å². The number of fused-ring (bicyclic) bond motifs is 6. The summed E-state index contributed by atoms with van der Waals surface area (Å²) in [7, 11) is 0.